The number of amides is 1. The van der Waals surface area contributed by atoms with Crippen molar-refractivity contribution in [2.24, 2.45) is 0 Å². The van der Waals surface area contributed by atoms with Crippen LogP contribution in [-0.4, -0.2) is 32.7 Å². The third-order valence-electron chi connectivity index (χ3n) is 1.87. The molecule has 0 aromatic carbocycles. The summed E-state index contributed by atoms with van der Waals surface area (Å²) in [6, 6.07) is 1.74. The highest BCUT2D eigenvalue weighted by Crippen LogP contribution is 2.20. The van der Waals surface area contributed by atoms with Gasteiger partial charge in [0.25, 0.3) is 5.91 Å². The van der Waals surface area contributed by atoms with E-state index in [-0.39, 0.29) is 18.3 Å². The lowest BCUT2D eigenvalue weighted by Crippen LogP contribution is -2.31. The van der Waals surface area contributed by atoms with Gasteiger partial charge in [-0.3, -0.25) is 4.79 Å². The topological polar surface area (TPSA) is 50.4 Å². The van der Waals surface area contributed by atoms with E-state index in [1.54, 1.807) is 13.2 Å². The molecule has 0 bridgehead atoms. The van der Waals surface area contributed by atoms with Crippen LogP contribution in [0, 0.1) is 0 Å². The third-order valence-corrected chi connectivity index (χ3v) is 2.78. The molecule has 0 radical (unpaired) electrons. The number of hydrogen-bond acceptors (Lipinski definition) is 4. The number of halogens is 1. The standard InChI is InChI=1S/C10H16N2O2S.ClH/c1-3-11-4-5-12-10(13)9-6-8(14-2)7-15-9;/h6-7,11H,3-5H2,1-2H3,(H,12,13);1H. The zero-order chi connectivity index (χ0) is 11.1. The lowest BCUT2D eigenvalue weighted by molar-refractivity contribution is 0.0958. The number of hydrogen-bond donors (Lipinski definition) is 2. The van der Waals surface area contributed by atoms with Crippen LogP contribution in [0.15, 0.2) is 11.4 Å². The Morgan fingerprint density at radius 2 is 2.25 bits per heavy atom. The first-order valence-electron chi connectivity index (χ1n) is 4.89. The maximum Gasteiger partial charge on any atom is 0.261 e. The molecule has 1 heterocycles. The summed E-state index contributed by atoms with van der Waals surface area (Å²) in [5.41, 5.74) is 0. The number of methoxy groups -OCH3 is 1. The fraction of sp³-hybridized carbons (Fsp3) is 0.500. The second kappa shape index (κ2) is 8.38. The number of likely N-dealkylation sites (N-methyl/N-ethyl adjacent to an activating group) is 1. The Bertz CT molecular complexity index is 318. The Morgan fingerprint density at radius 3 is 2.81 bits per heavy atom. The van der Waals surface area contributed by atoms with Gasteiger partial charge in [-0.25, -0.2) is 0 Å². The van der Waals surface area contributed by atoms with Gasteiger partial charge in [-0.1, -0.05) is 6.92 Å². The molecule has 2 N–H and O–H groups in total. The molecule has 0 saturated heterocycles. The first-order chi connectivity index (χ1) is 7.27. The van der Waals surface area contributed by atoms with Crippen molar-refractivity contribution in [1.29, 1.82) is 0 Å². The number of carbonyl (C=O) groups excluding carboxylic acids is 1. The molecule has 0 aliphatic carbocycles. The summed E-state index contributed by atoms with van der Waals surface area (Å²) in [5, 5.41) is 7.78. The minimum Gasteiger partial charge on any atom is -0.496 e. The van der Waals surface area contributed by atoms with Crippen molar-refractivity contribution < 1.29 is 9.53 Å². The van der Waals surface area contributed by atoms with E-state index in [9.17, 15) is 4.79 Å². The summed E-state index contributed by atoms with van der Waals surface area (Å²) in [5.74, 6) is 0.693. The summed E-state index contributed by atoms with van der Waals surface area (Å²) in [4.78, 5) is 12.2. The third kappa shape index (κ3) is 4.83. The van der Waals surface area contributed by atoms with E-state index in [4.69, 9.17) is 4.74 Å². The molecule has 0 atom stereocenters. The SMILES string of the molecule is CCNCCNC(=O)c1cc(OC)cs1.Cl. The van der Waals surface area contributed by atoms with Gasteiger partial charge in [0.2, 0.25) is 0 Å². The van der Waals surface area contributed by atoms with Gasteiger partial charge in [-0.05, 0) is 6.54 Å². The molecule has 1 rings (SSSR count). The molecule has 0 unspecified atom stereocenters. The van der Waals surface area contributed by atoms with Crippen LogP contribution in [0.4, 0.5) is 0 Å². The quantitative estimate of drug-likeness (QED) is 0.766. The number of carbonyl (C=O) groups is 1. The van der Waals surface area contributed by atoms with Crippen molar-refractivity contribution >= 4 is 29.7 Å². The van der Waals surface area contributed by atoms with Crippen LogP contribution in [0.5, 0.6) is 5.75 Å². The molecule has 1 amide bonds. The molecule has 0 fully saturated rings. The number of nitrogens with one attached hydrogen (secondary N) is 2. The Balaban J connectivity index is 0.00000225. The summed E-state index contributed by atoms with van der Waals surface area (Å²) in [6.07, 6.45) is 0. The molecule has 0 aliphatic heterocycles. The largest absolute Gasteiger partial charge is 0.496 e. The van der Waals surface area contributed by atoms with Gasteiger partial charge in [-0.2, -0.15) is 0 Å². The smallest absolute Gasteiger partial charge is 0.261 e. The minimum atomic E-state index is -0.0406. The van der Waals surface area contributed by atoms with Crippen molar-refractivity contribution in [3.63, 3.8) is 0 Å². The van der Waals surface area contributed by atoms with Crippen LogP contribution in [-0.2, 0) is 0 Å². The van der Waals surface area contributed by atoms with Gasteiger partial charge >= 0.3 is 0 Å². The van der Waals surface area contributed by atoms with E-state index in [0.717, 1.165) is 18.8 Å². The van der Waals surface area contributed by atoms with Crippen molar-refractivity contribution in [3.05, 3.63) is 16.3 Å². The predicted octanol–water partition coefficient (Wildman–Crippen LogP) is 1.52. The predicted molar refractivity (Wildman–Crippen MR) is 69.0 cm³/mol. The van der Waals surface area contributed by atoms with Crippen LogP contribution in [0.1, 0.15) is 16.6 Å². The van der Waals surface area contributed by atoms with Gasteiger partial charge in [0.05, 0.1) is 12.0 Å². The van der Waals surface area contributed by atoms with Crippen LogP contribution in [0.3, 0.4) is 0 Å². The van der Waals surface area contributed by atoms with Gasteiger partial charge in [0, 0.05) is 24.5 Å². The normalized spacial score (nSPS) is 9.38. The second-order valence-corrected chi connectivity index (χ2v) is 3.87. The van der Waals surface area contributed by atoms with E-state index >= 15 is 0 Å². The number of rotatable bonds is 6. The molecule has 0 aliphatic rings. The van der Waals surface area contributed by atoms with Crippen LogP contribution >= 0.6 is 23.7 Å². The van der Waals surface area contributed by atoms with Crippen molar-refractivity contribution in [3.8, 4) is 5.75 Å². The first kappa shape index (κ1) is 15.2. The Morgan fingerprint density at radius 1 is 1.50 bits per heavy atom. The van der Waals surface area contributed by atoms with E-state index < -0.39 is 0 Å². The average Bonchev–Trinajstić information content (AvgIpc) is 2.72. The molecule has 0 saturated carbocycles. The Hall–Kier alpha value is -0.780. The Kier molecular flexibility index (Phi) is 7.97. The highest BCUT2D eigenvalue weighted by Gasteiger charge is 2.07. The van der Waals surface area contributed by atoms with Crippen molar-refractivity contribution in [1.82, 2.24) is 10.6 Å². The number of thiophene rings is 1. The average molecular weight is 265 g/mol. The fourth-order valence-electron chi connectivity index (χ4n) is 1.07. The monoisotopic (exact) mass is 264 g/mol. The maximum atomic E-state index is 11.6. The van der Waals surface area contributed by atoms with Gasteiger partial charge in [0.15, 0.2) is 0 Å². The number of ether oxygens (including phenoxy) is 1. The zero-order valence-corrected chi connectivity index (χ0v) is 11.0. The minimum absolute atomic E-state index is 0. The van der Waals surface area contributed by atoms with Crippen LogP contribution in [0.25, 0.3) is 0 Å². The maximum absolute atomic E-state index is 11.6. The van der Waals surface area contributed by atoms with Crippen molar-refractivity contribution in [2.45, 2.75) is 6.92 Å². The molecule has 6 heteroatoms. The lowest BCUT2D eigenvalue weighted by Gasteiger charge is -2.03. The summed E-state index contributed by atoms with van der Waals surface area (Å²) < 4.78 is 5.01. The molecule has 1 aromatic rings. The van der Waals surface area contributed by atoms with E-state index in [1.165, 1.54) is 11.3 Å². The van der Waals surface area contributed by atoms with Gasteiger partial charge in [0.1, 0.15) is 5.75 Å². The highest BCUT2D eigenvalue weighted by molar-refractivity contribution is 7.12. The molecule has 16 heavy (non-hydrogen) atoms. The van der Waals surface area contributed by atoms with E-state index in [2.05, 4.69) is 10.6 Å². The molecule has 1 aromatic heterocycles. The Labute approximate surface area is 106 Å². The fourth-order valence-corrected chi connectivity index (χ4v) is 1.84. The zero-order valence-electron chi connectivity index (χ0n) is 9.41. The second-order valence-electron chi connectivity index (χ2n) is 2.96. The van der Waals surface area contributed by atoms with E-state index in [1.807, 2.05) is 12.3 Å². The summed E-state index contributed by atoms with van der Waals surface area (Å²) in [6.45, 7) is 4.40. The highest BCUT2D eigenvalue weighted by atomic mass is 35.5. The molecule has 4 nitrogen and oxygen atoms in total. The summed E-state index contributed by atoms with van der Waals surface area (Å²) >= 11 is 1.39. The molecule has 92 valence electrons. The summed E-state index contributed by atoms with van der Waals surface area (Å²) in [7, 11) is 1.59. The molecular weight excluding hydrogens is 248 g/mol. The van der Waals surface area contributed by atoms with Gasteiger partial charge in [-0.15, -0.1) is 23.7 Å². The molecule has 0 spiro atoms. The van der Waals surface area contributed by atoms with Gasteiger partial charge < -0.3 is 15.4 Å². The molecular formula is C10H17ClN2O2S. The van der Waals surface area contributed by atoms with Crippen molar-refractivity contribution in [2.75, 3.05) is 26.7 Å². The van der Waals surface area contributed by atoms with E-state index in [0.29, 0.717) is 11.4 Å². The first-order valence-corrected chi connectivity index (χ1v) is 5.77. The van der Waals surface area contributed by atoms with Crippen LogP contribution in [0.2, 0.25) is 0 Å². The lowest BCUT2D eigenvalue weighted by atomic mass is 10.4. The van der Waals surface area contributed by atoms with Crippen LogP contribution < -0.4 is 15.4 Å².